The average molecular weight is 358 g/mol. The van der Waals surface area contributed by atoms with Crippen LogP contribution in [0.5, 0.6) is 5.75 Å². The number of para-hydroxylation sites is 1. The molecule has 0 spiro atoms. The van der Waals surface area contributed by atoms with Crippen molar-refractivity contribution in [3.05, 3.63) is 28.2 Å². The highest BCUT2D eigenvalue weighted by Crippen LogP contribution is 2.29. The zero-order valence-corrected chi connectivity index (χ0v) is 15.4. The van der Waals surface area contributed by atoms with E-state index >= 15 is 0 Å². The van der Waals surface area contributed by atoms with E-state index in [4.69, 9.17) is 9.47 Å². The first-order valence-electron chi connectivity index (χ1n) is 7.52. The lowest BCUT2D eigenvalue weighted by atomic mass is 10.1. The fraction of sp³-hybridized carbons (Fsp3) is 0.647. The number of rotatable bonds is 8. The molecule has 0 saturated heterocycles. The molecule has 0 aliphatic rings. The molecular weight excluding hydrogens is 330 g/mol. The van der Waals surface area contributed by atoms with Gasteiger partial charge in [0.2, 0.25) is 0 Å². The smallest absolute Gasteiger partial charge is 0.138 e. The van der Waals surface area contributed by atoms with Crippen LogP contribution in [0.1, 0.15) is 40.2 Å². The van der Waals surface area contributed by atoms with Crippen molar-refractivity contribution in [1.82, 2.24) is 5.32 Å². The molecule has 3 nitrogen and oxygen atoms in total. The number of ether oxygens (including phenoxy) is 2. The van der Waals surface area contributed by atoms with E-state index in [9.17, 15) is 0 Å². The van der Waals surface area contributed by atoms with Crippen LogP contribution >= 0.6 is 15.9 Å². The summed E-state index contributed by atoms with van der Waals surface area (Å²) in [4.78, 5) is 0. The molecule has 1 aromatic carbocycles. The summed E-state index contributed by atoms with van der Waals surface area (Å²) in [6.45, 7) is 13.5. The Morgan fingerprint density at radius 3 is 2.52 bits per heavy atom. The highest BCUT2D eigenvalue weighted by molar-refractivity contribution is 9.10. The molecule has 120 valence electrons. The Labute approximate surface area is 137 Å². The van der Waals surface area contributed by atoms with Crippen molar-refractivity contribution in [2.45, 2.75) is 46.7 Å². The van der Waals surface area contributed by atoms with Crippen LogP contribution in [0.25, 0.3) is 0 Å². The zero-order valence-electron chi connectivity index (χ0n) is 13.8. The molecule has 0 aliphatic heterocycles. The lowest BCUT2D eigenvalue weighted by molar-refractivity contribution is 0.0813. The van der Waals surface area contributed by atoms with Gasteiger partial charge in [-0.2, -0.15) is 0 Å². The Hall–Kier alpha value is -0.580. The molecule has 1 aromatic rings. The summed E-state index contributed by atoms with van der Waals surface area (Å²) in [6, 6.07) is 6.13. The predicted octanol–water partition coefficient (Wildman–Crippen LogP) is 4.39. The van der Waals surface area contributed by atoms with Crippen molar-refractivity contribution in [1.29, 1.82) is 0 Å². The van der Waals surface area contributed by atoms with E-state index < -0.39 is 0 Å². The zero-order chi connectivity index (χ0) is 15.9. The minimum atomic E-state index is 0.0833. The van der Waals surface area contributed by atoms with E-state index in [-0.39, 0.29) is 5.54 Å². The molecule has 0 unspecified atom stereocenters. The van der Waals surface area contributed by atoms with Gasteiger partial charge < -0.3 is 14.8 Å². The van der Waals surface area contributed by atoms with E-state index in [1.807, 2.05) is 12.1 Å². The molecule has 1 rings (SSSR count). The van der Waals surface area contributed by atoms with Crippen LogP contribution in [0.15, 0.2) is 22.7 Å². The van der Waals surface area contributed by atoms with Crippen molar-refractivity contribution in [3.63, 3.8) is 0 Å². The Bertz CT molecular complexity index is 427. The molecule has 0 amide bonds. The summed E-state index contributed by atoms with van der Waals surface area (Å²) in [5.74, 6) is 1.46. The van der Waals surface area contributed by atoms with Gasteiger partial charge in [0, 0.05) is 24.3 Å². The van der Waals surface area contributed by atoms with E-state index in [0.29, 0.717) is 19.1 Å². The van der Waals surface area contributed by atoms with Gasteiger partial charge in [-0.25, -0.2) is 0 Å². The maximum absolute atomic E-state index is 5.90. The van der Waals surface area contributed by atoms with Gasteiger partial charge in [0.25, 0.3) is 0 Å². The van der Waals surface area contributed by atoms with E-state index in [1.165, 1.54) is 0 Å². The van der Waals surface area contributed by atoms with Gasteiger partial charge in [-0.15, -0.1) is 0 Å². The van der Waals surface area contributed by atoms with E-state index in [2.05, 4.69) is 61.9 Å². The Morgan fingerprint density at radius 2 is 1.90 bits per heavy atom. The summed E-state index contributed by atoms with van der Waals surface area (Å²) in [6.07, 6.45) is 0. The second-order valence-corrected chi connectivity index (χ2v) is 7.50. The molecule has 0 atom stereocenters. The maximum Gasteiger partial charge on any atom is 0.138 e. The number of hydrogen-bond donors (Lipinski definition) is 1. The van der Waals surface area contributed by atoms with Gasteiger partial charge >= 0.3 is 0 Å². The first-order chi connectivity index (χ1) is 9.79. The molecular formula is C17H28BrNO2. The summed E-state index contributed by atoms with van der Waals surface area (Å²) in [5.41, 5.74) is 1.24. The number of hydrogen-bond acceptors (Lipinski definition) is 3. The van der Waals surface area contributed by atoms with Crippen molar-refractivity contribution in [3.8, 4) is 5.75 Å². The Morgan fingerprint density at radius 1 is 1.19 bits per heavy atom. The summed E-state index contributed by atoms with van der Waals surface area (Å²) in [7, 11) is 0. The fourth-order valence-corrected chi connectivity index (χ4v) is 2.26. The van der Waals surface area contributed by atoms with E-state index in [0.717, 1.165) is 28.9 Å². The summed E-state index contributed by atoms with van der Waals surface area (Å²) >= 11 is 3.57. The predicted molar refractivity (Wildman–Crippen MR) is 91.9 cm³/mol. The fourth-order valence-electron chi connectivity index (χ4n) is 1.74. The average Bonchev–Trinajstić information content (AvgIpc) is 2.36. The van der Waals surface area contributed by atoms with Gasteiger partial charge in [0.15, 0.2) is 0 Å². The van der Waals surface area contributed by atoms with Crippen molar-refractivity contribution in [2.75, 3.05) is 19.8 Å². The second kappa shape index (κ2) is 8.76. The highest BCUT2D eigenvalue weighted by atomic mass is 79.9. The molecule has 1 N–H and O–H groups in total. The van der Waals surface area contributed by atoms with Gasteiger partial charge in [0.05, 0.1) is 11.1 Å². The second-order valence-electron chi connectivity index (χ2n) is 6.65. The molecule has 0 aliphatic carbocycles. The monoisotopic (exact) mass is 357 g/mol. The minimum Gasteiger partial charge on any atom is -0.490 e. The van der Waals surface area contributed by atoms with Crippen LogP contribution < -0.4 is 10.1 Å². The minimum absolute atomic E-state index is 0.0833. The van der Waals surface area contributed by atoms with Crippen molar-refractivity contribution < 1.29 is 9.47 Å². The quantitative estimate of drug-likeness (QED) is 0.699. The van der Waals surface area contributed by atoms with Gasteiger partial charge in [0.1, 0.15) is 12.4 Å². The van der Waals surface area contributed by atoms with Gasteiger partial charge in [-0.05, 0) is 48.7 Å². The third-order valence-electron chi connectivity index (χ3n) is 2.78. The topological polar surface area (TPSA) is 30.5 Å². The first kappa shape index (κ1) is 18.5. The van der Waals surface area contributed by atoms with Crippen molar-refractivity contribution >= 4 is 15.9 Å². The van der Waals surface area contributed by atoms with Crippen molar-refractivity contribution in [2.24, 2.45) is 5.92 Å². The maximum atomic E-state index is 5.90. The van der Waals surface area contributed by atoms with Gasteiger partial charge in [-0.1, -0.05) is 26.0 Å². The lowest BCUT2D eigenvalue weighted by Crippen LogP contribution is -2.35. The molecule has 4 heteroatoms. The van der Waals surface area contributed by atoms with Crippen LogP contribution in [-0.4, -0.2) is 25.4 Å². The number of benzene rings is 1. The summed E-state index contributed by atoms with van der Waals surface area (Å²) < 4.78 is 12.4. The first-order valence-corrected chi connectivity index (χ1v) is 8.32. The molecule has 0 bridgehead atoms. The van der Waals surface area contributed by atoms with Crippen LogP contribution in [0, 0.1) is 5.92 Å². The normalized spacial score (nSPS) is 12.0. The third-order valence-corrected chi connectivity index (χ3v) is 3.41. The van der Waals surface area contributed by atoms with Crippen LogP contribution in [0.3, 0.4) is 0 Å². The van der Waals surface area contributed by atoms with Gasteiger partial charge in [-0.3, -0.25) is 0 Å². The van der Waals surface area contributed by atoms with Crippen LogP contribution in [0.2, 0.25) is 0 Å². The standard InChI is InChI=1S/C17H28BrNO2/c1-13(2)12-20-9-10-21-16-14(7-6-8-15(16)18)11-19-17(3,4)5/h6-8,13,19H,9-12H2,1-5H3. The SMILES string of the molecule is CC(C)COCCOc1c(Br)cccc1CNC(C)(C)C. The molecule has 0 heterocycles. The van der Waals surface area contributed by atoms with Crippen LogP contribution in [-0.2, 0) is 11.3 Å². The Balaban J connectivity index is 2.55. The molecule has 0 aromatic heterocycles. The van der Waals surface area contributed by atoms with E-state index in [1.54, 1.807) is 0 Å². The largest absolute Gasteiger partial charge is 0.490 e. The highest BCUT2D eigenvalue weighted by Gasteiger charge is 2.12. The summed E-state index contributed by atoms with van der Waals surface area (Å²) in [5, 5.41) is 3.49. The molecule has 21 heavy (non-hydrogen) atoms. The molecule has 0 saturated carbocycles. The third kappa shape index (κ3) is 7.84. The molecule has 0 radical (unpaired) electrons. The number of nitrogens with one attached hydrogen (secondary N) is 1. The Kier molecular flexibility index (Phi) is 7.71. The number of halogens is 1. The van der Waals surface area contributed by atoms with Crippen LogP contribution in [0.4, 0.5) is 0 Å². The molecule has 0 fully saturated rings. The lowest BCUT2D eigenvalue weighted by Gasteiger charge is -2.22.